The van der Waals surface area contributed by atoms with Crippen LogP contribution in [0, 0.1) is 5.41 Å². The largest absolute Gasteiger partial charge is 0.480 e. The third-order valence-electron chi connectivity index (χ3n) is 2.71. The fourth-order valence-electron chi connectivity index (χ4n) is 1.71. The van der Waals surface area contributed by atoms with E-state index in [1.807, 2.05) is 13.8 Å². The molecule has 0 bridgehead atoms. The standard InChI is InChI=1S/C10H16BrNO3/c1-10(2,6-11)9(15)12-5-3-4-7(12)8(13)14/h7H,3-6H2,1-2H3,(H,13,14). The van der Waals surface area contributed by atoms with Crippen LogP contribution in [0.5, 0.6) is 0 Å². The van der Waals surface area contributed by atoms with E-state index in [9.17, 15) is 9.59 Å². The Kier molecular flexibility index (Phi) is 3.76. The first-order chi connectivity index (χ1) is 6.90. The van der Waals surface area contributed by atoms with Crippen LogP contribution >= 0.6 is 15.9 Å². The van der Waals surface area contributed by atoms with Crippen molar-refractivity contribution in [2.75, 3.05) is 11.9 Å². The summed E-state index contributed by atoms with van der Waals surface area (Å²) < 4.78 is 0. The molecule has 1 unspecified atom stereocenters. The fourth-order valence-corrected chi connectivity index (χ4v) is 1.95. The molecule has 0 spiro atoms. The summed E-state index contributed by atoms with van der Waals surface area (Å²) >= 11 is 3.28. The van der Waals surface area contributed by atoms with Crippen molar-refractivity contribution in [3.05, 3.63) is 0 Å². The number of halogens is 1. The van der Waals surface area contributed by atoms with Crippen molar-refractivity contribution < 1.29 is 14.7 Å². The van der Waals surface area contributed by atoms with Crippen LogP contribution in [-0.2, 0) is 9.59 Å². The number of hydrogen-bond acceptors (Lipinski definition) is 2. The Morgan fingerprint density at radius 2 is 2.13 bits per heavy atom. The predicted octanol–water partition coefficient (Wildman–Crippen LogP) is 1.48. The zero-order chi connectivity index (χ0) is 11.6. The topological polar surface area (TPSA) is 57.6 Å². The molecular weight excluding hydrogens is 262 g/mol. The number of carboxylic acids is 1. The monoisotopic (exact) mass is 277 g/mol. The minimum Gasteiger partial charge on any atom is -0.480 e. The van der Waals surface area contributed by atoms with E-state index < -0.39 is 17.4 Å². The van der Waals surface area contributed by atoms with Gasteiger partial charge in [-0.1, -0.05) is 29.8 Å². The van der Waals surface area contributed by atoms with Crippen molar-refractivity contribution in [2.24, 2.45) is 5.41 Å². The van der Waals surface area contributed by atoms with E-state index in [0.29, 0.717) is 18.3 Å². The maximum Gasteiger partial charge on any atom is 0.326 e. The highest BCUT2D eigenvalue weighted by atomic mass is 79.9. The Morgan fingerprint density at radius 1 is 1.53 bits per heavy atom. The third-order valence-corrected chi connectivity index (χ3v) is 4.11. The van der Waals surface area contributed by atoms with E-state index in [-0.39, 0.29) is 5.91 Å². The molecule has 1 rings (SSSR count). The number of carbonyl (C=O) groups is 2. The minimum atomic E-state index is -0.897. The van der Waals surface area contributed by atoms with Gasteiger partial charge >= 0.3 is 5.97 Å². The zero-order valence-corrected chi connectivity index (χ0v) is 10.6. The third kappa shape index (κ3) is 2.51. The molecule has 0 aliphatic carbocycles. The van der Waals surface area contributed by atoms with Crippen LogP contribution in [0.1, 0.15) is 26.7 Å². The Morgan fingerprint density at radius 3 is 2.60 bits per heavy atom. The van der Waals surface area contributed by atoms with Gasteiger partial charge in [0.1, 0.15) is 6.04 Å². The van der Waals surface area contributed by atoms with Crippen molar-refractivity contribution in [3.63, 3.8) is 0 Å². The first-order valence-corrected chi connectivity index (χ1v) is 6.12. The van der Waals surface area contributed by atoms with Gasteiger partial charge in [0.05, 0.1) is 5.41 Å². The molecule has 1 N–H and O–H groups in total. The molecule has 0 radical (unpaired) electrons. The first-order valence-electron chi connectivity index (χ1n) is 5.00. The van der Waals surface area contributed by atoms with E-state index in [1.54, 1.807) is 0 Å². The summed E-state index contributed by atoms with van der Waals surface area (Å²) in [6.45, 7) is 4.20. The van der Waals surface area contributed by atoms with E-state index in [2.05, 4.69) is 15.9 Å². The number of alkyl halides is 1. The first kappa shape index (κ1) is 12.5. The van der Waals surface area contributed by atoms with Crippen LogP contribution in [-0.4, -0.2) is 39.8 Å². The lowest BCUT2D eigenvalue weighted by atomic mass is 9.94. The number of carbonyl (C=O) groups excluding carboxylic acids is 1. The van der Waals surface area contributed by atoms with Crippen LogP contribution < -0.4 is 0 Å². The van der Waals surface area contributed by atoms with Crippen LogP contribution in [0.2, 0.25) is 0 Å². The summed E-state index contributed by atoms with van der Waals surface area (Å²) in [7, 11) is 0. The van der Waals surface area contributed by atoms with Gasteiger partial charge in [-0.25, -0.2) is 4.79 Å². The number of carboxylic acid groups (broad SMARTS) is 1. The maximum absolute atomic E-state index is 12.0. The fraction of sp³-hybridized carbons (Fsp3) is 0.800. The van der Waals surface area contributed by atoms with E-state index >= 15 is 0 Å². The number of likely N-dealkylation sites (tertiary alicyclic amines) is 1. The van der Waals surface area contributed by atoms with Crippen LogP contribution in [0.3, 0.4) is 0 Å². The highest BCUT2D eigenvalue weighted by Gasteiger charge is 2.39. The summed E-state index contributed by atoms with van der Waals surface area (Å²) in [4.78, 5) is 24.5. The number of aliphatic carboxylic acids is 1. The van der Waals surface area contributed by atoms with Crippen LogP contribution in [0.25, 0.3) is 0 Å². The molecular formula is C10H16BrNO3. The minimum absolute atomic E-state index is 0.0794. The molecule has 0 aromatic rings. The molecule has 0 saturated carbocycles. The second kappa shape index (κ2) is 4.51. The highest BCUT2D eigenvalue weighted by molar-refractivity contribution is 9.09. The second-order valence-electron chi connectivity index (χ2n) is 4.51. The zero-order valence-electron chi connectivity index (χ0n) is 8.99. The molecule has 1 aliphatic rings. The maximum atomic E-state index is 12.0. The molecule has 1 amide bonds. The molecule has 1 fully saturated rings. The Bertz CT molecular complexity index is 278. The van der Waals surface area contributed by atoms with Crippen LogP contribution in [0.4, 0.5) is 0 Å². The lowest BCUT2D eigenvalue weighted by Gasteiger charge is -2.30. The van der Waals surface area contributed by atoms with Gasteiger partial charge in [0.2, 0.25) is 5.91 Å². The van der Waals surface area contributed by atoms with Gasteiger partial charge in [0.15, 0.2) is 0 Å². The lowest BCUT2D eigenvalue weighted by molar-refractivity contribution is -0.151. The molecule has 5 heteroatoms. The molecule has 1 aliphatic heterocycles. The van der Waals surface area contributed by atoms with Gasteiger partial charge in [0, 0.05) is 11.9 Å². The molecule has 0 aromatic heterocycles. The van der Waals surface area contributed by atoms with Crippen LogP contribution in [0.15, 0.2) is 0 Å². The molecule has 15 heavy (non-hydrogen) atoms. The van der Waals surface area contributed by atoms with Gasteiger partial charge < -0.3 is 10.0 Å². The van der Waals surface area contributed by atoms with Crippen molar-refractivity contribution in [1.29, 1.82) is 0 Å². The van der Waals surface area contributed by atoms with Crippen molar-refractivity contribution in [1.82, 2.24) is 4.90 Å². The average molecular weight is 278 g/mol. The van der Waals surface area contributed by atoms with Crippen molar-refractivity contribution in [2.45, 2.75) is 32.7 Å². The van der Waals surface area contributed by atoms with E-state index in [0.717, 1.165) is 6.42 Å². The SMILES string of the molecule is CC(C)(CBr)C(=O)N1CCCC1C(=O)O. The smallest absolute Gasteiger partial charge is 0.326 e. The summed E-state index contributed by atoms with van der Waals surface area (Å²) in [6, 6.07) is -0.629. The summed E-state index contributed by atoms with van der Waals surface area (Å²) in [5.41, 5.74) is -0.530. The molecule has 1 saturated heterocycles. The van der Waals surface area contributed by atoms with Gasteiger partial charge in [-0.05, 0) is 12.8 Å². The quantitative estimate of drug-likeness (QED) is 0.796. The van der Waals surface area contributed by atoms with Crippen molar-refractivity contribution in [3.8, 4) is 0 Å². The summed E-state index contributed by atoms with van der Waals surface area (Å²) in [5, 5.41) is 9.51. The molecule has 0 aromatic carbocycles. The molecule has 86 valence electrons. The highest BCUT2D eigenvalue weighted by Crippen LogP contribution is 2.27. The average Bonchev–Trinajstić information content (AvgIpc) is 2.64. The van der Waals surface area contributed by atoms with Gasteiger partial charge in [-0.15, -0.1) is 0 Å². The summed E-state index contributed by atoms with van der Waals surface area (Å²) in [6.07, 6.45) is 1.35. The number of nitrogens with zero attached hydrogens (tertiary/aromatic N) is 1. The van der Waals surface area contributed by atoms with Gasteiger partial charge in [0.25, 0.3) is 0 Å². The number of amides is 1. The van der Waals surface area contributed by atoms with E-state index in [1.165, 1.54) is 4.90 Å². The number of hydrogen-bond donors (Lipinski definition) is 1. The van der Waals surface area contributed by atoms with E-state index in [4.69, 9.17) is 5.11 Å². The normalized spacial score (nSPS) is 21.8. The number of rotatable bonds is 3. The van der Waals surface area contributed by atoms with Gasteiger partial charge in [-0.3, -0.25) is 4.79 Å². The predicted molar refractivity (Wildman–Crippen MR) is 59.9 cm³/mol. The Balaban J connectivity index is 2.79. The Labute approximate surface area is 97.8 Å². The molecule has 1 atom stereocenters. The van der Waals surface area contributed by atoms with Crippen molar-refractivity contribution >= 4 is 27.8 Å². The Hall–Kier alpha value is -0.580. The van der Waals surface area contributed by atoms with Gasteiger partial charge in [-0.2, -0.15) is 0 Å². The summed E-state index contributed by atoms with van der Waals surface area (Å²) in [5.74, 6) is -0.976. The molecule has 1 heterocycles. The lowest BCUT2D eigenvalue weighted by Crippen LogP contribution is -2.47. The molecule has 4 nitrogen and oxygen atoms in total. The second-order valence-corrected chi connectivity index (χ2v) is 5.07.